The van der Waals surface area contributed by atoms with Crippen molar-refractivity contribution < 1.29 is 9.53 Å². The van der Waals surface area contributed by atoms with Crippen molar-refractivity contribution >= 4 is 5.97 Å². The zero-order valence-corrected chi connectivity index (χ0v) is 9.00. The lowest BCUT2D eigenvalue weighted by molar-refractivity contribution is -0.139. The second kappa shape index (κ2) is 5.84. The molecule has 0 amide bonds. The second-order valence-electron chi connectivity index (χ2n) is 4.14. The maximum atomic E-state index is 10.9. The van der Waals surface area contributed by atoms with Gasteiger partial charge < -0.3 is 4.74 Å². The number of hydrogen-bond donors (Lipinski definition) is 0. The van der Waals surface area contributed by atoms with E-state index in [0.717, 1.165) is 5.92 Å². The molecule has 0 aromatic rings. The SMILES string of the molecule is C=CC(=O)OCC1CCCC(CC)C1. The van der Waals surface area contributed by atoms with E-state index in [1.165, 1.54) is 38.2 Å². The van der Waals surface area contributed by atoms with Gasteiger partial charge >= 0.3 is 5.97 Å². The Morgan fingerprint density at radius 3 is 2.86 bits per heavy atom. The lowest BCUT2D eigenvalue weighted by Gasteiger charge is -2.27. The second-order valence-corrected chi connectivity index (χ2v) is 4.14. The third-order valence-electron chi connectivity index (χ3n) is 3.10. The van der Waals surface area contributed by atoms with E-state index in [-0.39, 0.29) is 5.97 Å². The first-order valence-corrected chi connectivity index (χ1v) is 5.55. The Morgan fingerprint density at radius 1 is 1.50 bits per heavy atom. The van der Waals surface area contributed by atoms with Crippen LogP contribution in [0.2, 0.25) is 0 Å². The van der Waals surface area contributed by atoms with E-state index in [9.17, 15) is 4.79 Å². The largest absolute Gasteiger partial charge is 0.462 e. The quantitative estimate of drug-likeness (QED) is 0.510. The molecule has 14 heavy (non-hydrogen) atoms. The normalized spacial score (nSPS) is 26.9. The summed E-state index contributed by atoms with van der Waals surface area (Å²) in [7, 11) is 0. The van der Waals surface area contributed by atoms with Crippen molar-refractivity contribution in [2.75, 3.05) is 6.61 Å². The first-order chi connectivity index (χ1) is 6.76. The first-order valence-electron chi connectivity index (χ1n) is 5.55. The molecule has 0 radical (unpaired) electrons. The highest BCUT2D eigenvalue weighted by Crippen LogP contribution is 2.30. The Bertz CT molecular complexity index is 198. The Kier molecular flexibility index (Phi) is 4.71. The summed E-state index contributed by atoms with van der Waals surface area (Å²) >= 11 is 0. The highest BCUT2D eigenvalue weighted by atomic mass is 16.5. The van der Waals surface area contributed by atoms with Crippen molar-refractivity contribution in [2.24, 2.45) is 11.8 Å². The molecule has 1 aliphatic carbocycles. The van der Waals surface area contributed by atoms with E-state index in [4.69, 9.17) is 4.74 Å². The van der Waals surface area contributed by atoms with Crippen molar-refractivity contribution in [1.29, 1.82) is 0 Å². The van der Waals surface area contributed by atoms with Gasteiger partial charge in [-0.1, -0.05) is 32.8 Å². The van der Waals surface area contributed by atoms with E-state index >= 15 is 0 Å². The molecule has 0 heterocycles. The highest BCUT2D eigenvalue weighted by molar-refractivity contribution is 5.81. The van der Waals surface area contributed by atoms with Crippen LogP contribution in [0.15, 0.2) is 12.7 Å². The lowest BCUT2D eigenvalue weighted by atomic mass is 9.80. The number of esters is 1. The summed E-state index contributed by atoms with van der Waals surface area (Å²) in [5.74, 6) is 1.14. The van der Waals surface area contributed by atoms with Crippen LogP contribution >= 0.6 is 0 Å². The predicted octanol–water partition coefficient (Wildman–Crippen LogP) is 2.93. The molecule has 2 nitrogen and oxygen atoms in total. The molecule has 1 aliphatic rings. The fraction of sp³-hybridized carbons (Fsp3) is 0.750. The molecule has 0 spiro atoms. The number of carbonyl (C=O) groups is 1. The summed E-state index contributed by atoms with van der Waals surface area (Å²) in [6, 6.07) is 0. The molecule has 2 heteroatoms. The average molecular weight is 196 g/mol. The van der Waals surface area contributed by atoms with Crippen molar-refractivity contribution in [2.45, 2.75) is 39.0 Å². The molecule has 1 saturated carbocycles. The predicted molar refractivity (Wildman–Crippen MR) is 56.9 cm³/mol. The zero-order chi connectivity index (χ0) is 10.4. The van der Waals surface area contributed by atoms with Gasteiger partial charge in [-0.2, -0.15) is 0 Å². The summed E-state index contributed by atoms with van der Waals surface area (Å²) in [5, 5.41) is 0. The molecule has 0 N–H and O–H groups in total. The van der Waals surface area contributed by atoms with Crippen LogP contribution in [0, 0.1) is 11.8 Å². The summed E-state index contributed by atoms with van der Waals surface area (Å²) < 4.78 is 5.07. The van der Waals surface area contributed by atoms with Gasteiger partial charge in [0.2, 0.25) is 0 Å². The molecule has 0 aromatic carbocycles. The van der Waals surface area contributed by atoms with Crippen LogP contribution in [0.3, 0.4) is 0 Å². The van der Waals surface area contributed by atoms with Crippen molar-refractivity contribution in [1.82, 2.24) is 0 Å². The molecule has 2 unspecified atom stereocenters. The molecule has 0 aliphatic heterocycles. The topological polar surface area (TPSA) is 26.3 Å². The van der Waals surface area contributed by atoms with Crippen molar-refractivity contribution in [3.63, 3.8) is 0 Å². The Labute approximate surface area is 86.3 Å². The molecular weight excluding hydrogens is 176 g/mol. The molecule has 0 bridgehead atoms. The van der Waals surface area contributed by atoms with Crippen LogP contribution < -0.4 is 0 Å². The van der Waals surface area contributed by atoms with Gasteiger partial charge in [0.05, 0.1) is 6.61 Å². The van der Waals surface area contributed by atoms with Crippen molar-refractivity contribution in [3.05, 3.63) is 12.7 Å². The van der Waals surface area contributed by atoms with Gasteiger partial charge in [-0.25, -0.2) is 4.79 Å². The van der Waals surface area contributed by atoms with Gasteiger partial charge in [0.15, 0.2) is 0 Å². The Morgan fingerprint density at radius 2 is 2.21 bits per heavy atom. The minimum absolute atomic E-state index is 0.288. The third-order valence-corrected chi connectivity index (χ3v) is 3.10. The molecular formula is C12H20O2. The number of ether oxygens (including phenoxy) is 1. The fourth-order valence-corrected chi connectivity index (χ4v) is 2.18. The highest BCUT2D eigenvalue weighted by Gasteiger charge is 2.21. The number of rotatable bonds is 4. The van der Waals surface area contributed by atoms with Crippen LogP contribution in [0.5, 0.6) is 0 Å². The van der Waals surface area contributed by atoms with Crippen LogP contribution in [0.25, 0.3) is 0 Å². The van der Waals surface area contributed by atoms with Crippen LogP contribution in [-0.4, -0.2) is 12.6 Å². The monoisotopic (exact) mass is 196 g/mol. The summed E-state index contributed by atoms with van der Waals surface area (Å²) in [6.45, 7) is 6.20. The minimum Gasteiger partial charge on any atom is -0.462 e. The molecule has 1 fully saturated rings. The summed E-state index contributed by atoms with van der Waals surface area (Å²) in [6.07, 6.45) is 7.56. The van der Waals surface area contributed by atoms with E-state index in [1.807, 2.05) is 0 Å². The molecule has 80 valence electrons. The maximum Gasteiger partial charge on any atom is 0.330 e. The summed E-state index contributed by atoms with van der Waals surface area (Å²) in [4.78, 5) is 10.9. The van der Waals surface area contributed by atoms with Gasteiger partial charge in [-0.15, -0.1) is 0 Å². The van der Waals surface area contributed by atoms with E-state index in [1.54, 1.807) is 0 Å². The molecule has 1 rings (SSSR count). The van der Waals surface area contributed by atoms with Crippen molar-refractivity contribution in [3.8, 4) is 0 Å². The molecule has 2 atom stereocenters. The first kappa shape index (κ1) is 11.3. The lowest BCUT2D eigenvalue weighted by Crippen LogP contribution is -2.20. The van der Waals surface area contributed by atoms with Gasteiger partial charge in [0.25, 0.3) is 0 Å². The number of hydrogen-bond acceptors (Lipinski definition) is 2. The third kappa shape index (κ3) is 3.52. The Hall–Kier alpha value is -0.790. The Balaban J connectivity index is 2.23. The van der Waals surface area contributed by atoms with Gasteiger partial charge in [-0.3, -0.25) is 0 Å². The number of carbonyl (C=O) groups excluding carboxylic acids is 1. The van der Waals surface area contributed by atoms with E-state index in [2.05, 4.69) is 13.5 Å². The van der Waals surface area contributed by atoms with Gasteiger partial charge in [0, 0.05) is 6.08 Å². The minimum atomic E-state index is -0.288. The zero-order valence-electron chi connectivity index (χ0n) is 9.00. The smallest absolute Gasteiger partial charge is 0.330 e. The van der Waals surface area contributed by atoms with Gasteiger partial charge in [0.1, 0.15) is 0 Å². The van der Waals surface area contributed by atoms with Crippen LogP contribution in [0.1, 0.15) is 39.0 Å². The average Bonchev–Trinajstić information content (AvgIpc) is 2.26. The fourth-order valence-electron chi connectivity index (χ4n) is 2.18. The van der Waals surface area contributed by atoms with Crippen LogP contribution in [-0.2, 0) is 9.53 Å². The van der Waals surface area contributed by atoms with E-state index in [0.29, 0.717) is 12.5 Å². The molecule has 0 aromatic heterocycles. The summed E-state index contributed by atoms with van der Waals surface area (Å²) in [5.41, 5.74) is 0. The maximum absolute atomic E-state index is 10.9. The molecule has 0 saturated heterocycles. The van der Waals surface area contributed by atoms with Crippen LogP contribution in [0.4, 0.5) is 0 Å². The standard InChI is InChI=1S/C12H20O2/c1-3-10-6-5-7-11(8-10)9-14-12(13)4-2/h4,10-11H,2-3,5-9H2,1H3. The van der Waals surface area contributed by atoms with E-state index < -0.39 is 0 Å². The van der Waals surface area contributed by atoms with Gasteiger partial charge in [-0.05, 0) is 24.7 Å².